The minimum atomic E-state index is 0.618. The van der Waals surface area contributed by atoms with Crippen molar-refractivity contribution in [2.45, 2.75) is 6.54 Å². The molecule has 5 heteroatoms. The summed E-state index contributed by atoms with van der Waals surface area (Å²) in [4.78, 5) is 2.23. The Hall–Kier alpha value is -2.39. The van der Waals surface area contributed by atoms with Crippen LogP contribution in [0.4, 0.5) is 0 Å². The molecule has 120 valence electrons. The first-order valence-corrected chi connectivity index (χ1v) is 7.64. The lowest BCUT2D eigenvalue weighted by Gasteiger charge is -2.20. The molecule has 0 fully saturated rings. The van der Waals surface area contributed by atoms with Crippen molar-refractivity contribution in [1.82, 2.24) is 4.90 Å². The fourth-order valence-electron chi connectivity index (χ4n) is 2.29. The Morgan fingerprint density at radius 2 is 1.39 bits per heavy atom. The number of hydrogen-bond donors (Lipinski definition) is 2. The van der Waals surface area contributed by atoms with E-state index in [-0.39, 0.29) is 0 Å². The Kier molecular flexibility index (Phi) is 6.57. The first-order chi connectivity index (χ1) is 11.2. The number of rotatable bonds is 8. The van der Waals surface area contributed by atoms with Crippen LogP contribution in [-0.2, 0) is 6.54 Å². The van der Waals surface area contributed by atoms with Gasteiger partial charge in [-0.25, -0.2) is 0 Å². The Balaban J connectivity index is 1.96. The van der Waals surface area contributed by atoms with Gasteiger partial charge in [-0.1, -0.05) is 12.1 Å². The zero-order valence-corrected chi connectivity index (χ0v) is 13.1. The van der Waals surface area contributed by atoms with Gasteiger partial charge in [0, 0.05) is 32.7 Å². The average Bonchev–Trinajstić information content (AvgIpc) is 2.58. The van der Waals surface area contributed by atoms with E-state index in [2.05, 4.69) is 11.0 Å². The summed E-state index contributed by atoms with van der Waals surface area (Å²) in [6.45, 7) is 3.74. The second kappa shape index (κ2) is 8.91. The minimum absolute atomic E-state index is 0.618. The maximum Gasteiger partial charge on any atom is 0.127 e. The summed E-state index contributed by atoms with van der Waals surface area (Å²) in [6, 6.07) is 17.1. The van der Waals surface area contributed by atoms with Crippen molar-refractivity contribution in [2.75, 3.05) is 26.2 Å². The van der Waals surface area contributed by atoms with Gasteiger partial charge in [-0.2, -0.15) is 5.26 Å². The van der Waals surface area contributed by atoms with Crippen molar-refractivity contribution < 1.29 is 4.74 Å². The van der Waals surface area contributed by atoms with E-state index in [0.717, 1.165) is 25.4 Å². The molecule has 0 aliphatic rings. The number of ether oxygens (including phenoxy) is 1. The standard InChI is InChI=1S/C18H22N4O/c19-9-11-22(12-10-20)14-16-3-7-18(8-4-16)23-17-5-1-15(13-21)2-6-17/h1-8H,9-12,14,19-20H2. The van der Waals surface area contributed by atoms with E-state index in [4.69, 9.17) is 21.5 Å². The van der Waals surface area contributed by atoms with Crippen LogP contribution in [-0.4, -0.2) is 31.1 Å². The van der Waals surface area contributed by atoms with Gasteiger partial charge >= 0.3 is 0 Å². The second-order valence-electron chi connectivity index (χ2n) is 5.24. The highest BCUT2D eigenvalue weighted by Gasteiger charge is 2.05. The molecular formula is C18H22N4O. The molecule has 2 aromatic carbocycles. The van der Waals surface area contributed by atoms with E-state index >= 15 is 0 Å². The molecule has 0 atom stereocenters. The predicted molar refractivity (Wildman–Crippen MR) is 91.1 cm³/mol. The molecule has 2 aromatic rings. The molecule has 0 heterocycles. The molecule has 0 unspecified atom stereocenters. The summed E-state index contributed by atoms with van der Waals surface area (Å²) in [5.74, 6) is 1.48. The Morgan fingerprint density at radius 1 is 0.870 bits per heavy atom. The molecule has 0 radical (unpaired) electrons. The van der Waals surface area contributed by atoms with E-state index in [9.17, 15) is 0 Å². The van der Waals surface area contributed by atoms with Gasteiger partial charge in [0.2, 0.25) is 0 Å². The number of nitrogens with zero attached hydrogens (tertiary/aromatic N) is 2. The number of nitrogens with two attached hydrogens (primary N) is 2. The molecule has 0 saturated carbocycles. The third-order valence-electron chi connectivity index (χ3n) is 3.44. The van der Waals surface area contributed by atoms with Gasteiger partial charge in [-0.15, -0.1) is 0 Å². The monoisotopic (exact) mass is 310 g/mol. The lowest BCUT2D eigenvalue weighted by atomic mass is 10.2. The first-order valence-electron chi connectivity index (χ1n) is 7.64. The van der Waals surface area contributed by atoms with Crippen LogP contribution in [0.3, 0.4) is 0 Å². The maximum absolute atomic E-state index is 8.79. The van der Waals surface area contributed by atoms with Crippen molar-refractivity contribution in [3.05, 3.63) is 59.7 Å². The molecule has 0 spiro atoms. The minimum Gasteiger partial charge on any atom is -0.457 e. The highest BCUT2D eigenvalue weighted by Crippen LogP contribution is 2.22. The fourth-order valence-corrected chi connectivity index (χ4v) is 2.29. The molecule has 4 N–H and O–H groups in total. The molecule has 0 aromatic heterocycles. The van der Waals surface area contributed by atoms with Crippen LogP contribution in [0, 0.1) is 11.3 Å². The van der Waals surface area contributed by atoms with Crippen LogP contribution in [0.2, 0.25) is 0 Å². The molecule has 23 heavy (non-hydrogen) atoms. The SMILES string of the molecule is N#Cc1ccc(Oc2ccc(CN(CCN)CCN)cc2)cc1. The van der Waals surface area contributed by atoms with Gasteiger partial charge in [0.05, 0.1) is 11.6 Å². The quantitative estimate of drug-likeness (QED) is 0.779. The highest BCUT2D eigenvalue weighted by molar-refractivity contribution is 5.37. The molecule has 5 nitrogen and oxygen atoms in total. The number of hydrogen-bond acceptors (Lipinski definition) is 5. The van der Waals surface area contributed by atoms with Crippen molar-refractivity contribution in [3.8, 4) is 17.6 Å². The van der Waals surface area contributed by atoms with Crippen LogP contribution in [0.1, 0.15) is 11.1 Å². The number of benzene rings is 2. The molecular weight excluding hydrogens is 288 g/mol. The second-order valence-corrected chi connectivity index (χ2v) is 5.24. The lowest BCUT2D eigenvalue weighted by Crippen LogP contribution is -2.33. The van der Waals surface area contributed by atoms with Crippen LogP contribution in [0.15, 0.2) is 48.5 Å². The first kappa shape index (κ1) is 17.0. The molecule has 0 bridgehead atoms. The maximum atomic E-state index is 8.79. The van der Waals surface area contributed by atoms with Crippen LogP contribution < -0.4 is 16.2 Å². The predicted octanol–water partition coefficient (Wildman–Crippen LogP) is 2.07. The summed E-state index contributed by atoms with van der Waals surface area (Å²) in [5.41, 5.74) is 13.1. The van der Waals surface area contributed by atoms with Crippen molar-refractivity contribution in [2.24, 2.45) is 11.5 Å². The van der Waals surface area contributed by atoms with Gasteiger partial charge in [0.1, 0.15) is 11.5 Å². The van der Waals surface area contributed by atoms with E-state index < -0.39 is 0 Å². The van der Waals surface area contributed by atoms with Crippen molar-refractivity contribution in [3.63, 3.8) is 0 Å². The molecule has 0 aliphatic heterocycles. The van der Waals surface area contributed by atoms with E-state index in [1.165, 1.54) is 5.56 Å². The molecule has 0 aliphatic carbocycles. The summed E-state index contributed by atoms with van der Waals surface area (Å²) in [7, 11) is 0. The van der Waals surface area contributed by atoms with Gasteiger partial charge in [0.25, 0.3) is 0 Å². The average molecular weight is 310 g/mol. The van der Waals surface area contributed by atoms with Crippen LogP contribution >= 0.6 is 0 Å². The largest absolute Gasteiger partial charge is 0.457 e. The van der Waals surface area contributed by atoms with Gasteiger partial charge in [-0.3, -0.25) is 4.90 Å². The third kappa shape index (κ3) is 5.38. The van der Waals surface area contributed by atoms with Crippen LogP contribution in [0.25, 0.3) is 0 Å². The van der Waals surface area contributed by atoms with Crippen molar-refractivity contribution in [1.29, 1.82) is 5.26 Å². The van der Waals surface area contributed by atoms with E-state index in [1.807, 2.05) is 24.3 Å². The van der Waals surface area contributed by atoms with E-state index in [0.29, 0.717) is 24.4 Å². The summed E-state index contributed by atoms with van der Waals surface area (Å²) in [6.07, 6.45) is 0. The highest BCUT2D eigenvalue weighted by atomic mass is 16.5. The molecule has 2 rings (SSSR count). The Bertz CT molecular complexity index is 626. The zero-order chi connectivity index (χ0) is 16.5. The van der Waals surface area contributed by atoms with Crippen molar-refractivity contribution >= 4 is 0 Å². The smallest absolute Gasteiger partial charge is 0.127 e. The topological polar surface area (TPSA) is 88.3 Å². The fraction of sp³-hybridized carbons (Fsp3) is 0.278. The van der Waals surface area contributed by atoms with Gasteiger partial charge < -0.3 is 16.2 Å². The van der Waals surface area contributed by atoms with Gasteiger partial charge in [-0.05, 0) is 42.0 Å². The summed E-state index contributed by atoms with van der Waals surface area (Å²) < 4.78 is 5.77. The Labute approximate surface area is 137 Å². The zero-order valence-electron chi connectivity index (χ0n) is 13.1. The molecule has 0 saturated heterocycles. The summed E-state index contributed by atoms with van der Waals surface area (Å²) >= 11 is 0. The molecule has 0 amide bonds. The third-order valence-corrected chi connectivity index (χ3v) is 3.44. The normalized spacial score (nSPS) is 10.5. The van der Waals surface area contributed by atoms with Crippen LogP contribution in [0.5, 0.6) is 11.5 Å². The Morgan fingerprint density at radius 3 is 1.87 bits per heavy atom. The summed E-state index contributed by atoms with van der Waals surface area (Å²) in [5, 5.41) is 8.79. The lowest BCUT2D eigenvalue weighted by molar-refractivity contribution is 0.281. The van der Waals surface area contributed by atoms with Gasteiger partial charge in [0.15, 0.2) is 0 Å². The number of nitriles is 1. The van der Waals surface area contributed by atoms with E-state index in [1.54, 1.807) is 24.3 Å².